The minimum atomic E-state index is -0.247. The molecule has 0 atom stereocenters. The van der Waals surface area contributed by atoms with Crippen molar-refractivity contribution in [3.63, 3.8) is 0 Å². The number of hydrogen-bond acceptors (Lipinski definition) is 6. The summed E-state index contributed by atoms with van der Waals surface area (Å²) >= 11 is 1.47. The van der Waals surface area contributed by atoms with E-state index in [1.54, 1.807) is 19.4 Å². The lowest BCUT2D eigenvalue weighted by Gasteiger charge is -1.99. The number of esters is 1. The van der Waals surface area contributed by atoms with E-state index >= 15 is 0 Å². The molecule has 7 heteroatoms. The smallest absolute Gasteiger partial charge is 0.311 e. The number of nitrogens with one attached hydrogen (secondary N) is 2. The van der Waals surface area contributed by atoms with Crippen molar-refractivity contribution < 1.29 is 9.53 Å². The number of anilines is 1. The van der Waals surface area contributed by atoms with Gasteiger partial charge in [0, 0.05) is 11.6 Å². The number of aromatic nitrogens is 3. The van der Waals surface area contributed by atoms with Crippen LogP contribution >= 0.6 is 11.3 Å². The summed E-state index contributed by atoms with van der Waals surface area (Å²) in [6.07, 6.45) is 3.60. The van der Waals surface area contributed by atoms with Gasteiger partial charge < -0.3 is 15.0 Å². The predicted octanol–water partition coefficient (Wildman–Crippen LogP) is 1.58. The molecule has 0 amide bonds. The molecule has 0 unspecified atom stereocenters. The fourth-order valence-electron chi connectivity index (χ4n) is 1.38. The Morgan fingerprint density at radius 1 is 1.61 bits per heavy atom. The summed E-state index contributed by atoms with van der Waals surface area (Å²) in [6.45, 7) is 2.82. The Bertz CT molecular complexity index is 495. The number of carbonyl (C=O) groups excluding carboxylic acids is 1. The molecule has 0 fully saturated rings. The van der Waals surface area contributed by atoms with Gasteiger partial charge in [-0.25, -0.2) is 9.97 Å². The molecule has 2 heterocycles. The summed E-state index contributed by atoms with van der Waals surface area (Å²) in [4.78, 5) is 22.5. The minimum Gasteiger partial charge on any atom is -0.466 e. The number of thiazole rings is 1. The molecule has 2 N–H and O–H groups in total. The van der Waals surface area contributed by atoms with Crippen molar-refractivity contribution >= 4 is 22.4 Å². The minimum absolute atomic E-state index is 0.218. The van der Waals surface area contributed by atoms with Crippen LogP contribution in [0, 0.1) is 0 Å². The van der Waals surface area contributed by atoms with Gasteiger partial charge in [-0.3, -0.25) is 4.79 Å². The predicted molar refractivity (Wildman–Crippen MR) is 68.4 cm³/mol. The number of imidazole rings is 1. The van der Waals surface area contributed by atoms with Crippen LogP contribution in [0.15, 0.2) is 17.9 Å². The van der Waals surface area contributed by atoms with E-state index in [9.17, 15) is 4.79 Å². The highest BCUT2D eigenvalue weighted by molar-refractivity contribution is 7.13. The summed E-state index contributed by atoms with van der Waals surface area (Å²) in [6, 6.07) is 0. The second kappa shape index (κ2) is 6.15. The Balaban J connectivity index is 1.84. The van der Waals surface area contributed by atoms with Crippen LogP contribution in [-0.4, -0.2) is 27.5 Å². The largest absolute Gasteiger partial charge is 0.466 e. The maximum absolute atomic E-state index is 11.3. The third-order valence-corrected chi connectivity index (χ3v) is 3.02. The molecule has 18 heavy (non-hydrogen) atoms. The van der Waals surface area contributed by atoms with Gasteiger partial charge in [0.1, 0.15) is 0 Å². The molecule has 6 nitrogen and oxygen atoms in total. The Labute approximate surface area is 108 Å². The highest BCUT2D eigenvalue weighted by Gasteiger charge is 2.08. The van der Waals surface area contributed by atoms with Crippen molar-refractivity contribution in [3.05, 3.63) is 29.3 Å². The molecule has 0 aliphatic heterocycles. The maximum atomic E-state index is 11.3. The van der Waals surface area contributed by atoms with Gasteiger partial charge in [0.2, 0.25) is 0 Å². The third kappa shape index (κ3) is 3.56. The molecule has 0 bridgehead atoms. The second-order valence-electron chi connectivity index (χ2n) is 3.56. The van der Waals surface area contributed by atoms with Crippen LogP contribution in [-0.2, 0) is 22.5 Å². The van der Waals surface area contributed by atoms with Crippen LogP contribution in [0.25, 0.3) is 0 Å². The molecule has 0 saturated carbocycles. The van der Waals surface area contributed by atoms with E-state index in [-0.39, 0.29) is 12.4 Å². The van der Waals surface area contributed by atoms with Crippen molar-refractivity contribution in [1.29, 1.82) is 0 Å². The monoisotopic (exact) mass is 266 g/mol. The first kappa shape index (κ1) is 12.6. The molecule has 0 spiro atoms. The average molecular weight is 266 g/mol. The number of aromatic amines is 1. The van der Waals surface area contributed by atoms with Gasteiger partial charge >= 0.3 is 5.97 Å². The van der Waals surface area contributed by atoms with Crippen LogP contribution in [0.3, 0.4) is 0 Å². The highest BCUT2D eigenvalue weighted by Crippen LogP contribution is 2.16. The summed E-state index contributed by atoms with van der Waals surface area (Å²) in [5.74, 6) is -0.247. The van der Waals surface area contributed by atoms with Gasteiger partial charge in [-0.05, 0) is 6.92 Å². The van der Waals surface area contributed by atoms with Crippen molar-refractivity contribution in [3.8, 4) is 0 Å². The number of hydrogen-bond donors (Lipinski definition) is 2. The van der Waals surface area contributed by atoms with Crippen molar-refractivity contribution in [1.82, 2.24) is 15.0 Å². The van der Waals surface area contributed by atoms with Gasteiger partial charge in [0.15, 0.2) is 5.13 Å². The third-order valence-electron chi connectivity index (χ3n) is 2.17. The summed E-state index contributed by atoms with van der Waals surface area (Å²) < 4.78 is 4.87. The molecular formula is C11H14N4O2S. The van der Waals surface area contributed by atoms with Crippen molar-refractivity contribution in [2.24, 2.45) is 0 Å². The first-order chi connectivity index (χ1) is 8.78. The fraction of sp³-hybridized carbons (Fsp3) is 0.364. The van der Waals surface area contributed by atoms with Crippen LogP contribution in [0.5, 0.6) is 0 Å². The average Bonchev–Trinajstić information content (AvgIpc) is 2.97. The van der Waals surface area contributed by atoms with Gasteiger partial charge in [0.05, 0.1) is 37.3 Å². The normalized spacial score (nSPS) is 10.3. The van der Waals surface area contributed by atoms with E-state index in [4.69, 9.17) is 4.74 Å². The van der Waals surface area contributed by atoms with E-state index < -0.39 is 0 Å². The highest BCUT2D eigenvalue weighted by atomic mass is 32.1. The zero-order valence-electron chi connectivity index (χ0n) is 9.97. The van der Waals surface area contributed by atoms with Gasteiger partial charge in [0.25, 0.3) is 0 Å². The molecule has 0 saturated heterocycles. The van der Waals surface area contributed by atoms with E-state index in [1.807, 2.05) is 5.38 Å². The summed E-state index contributed by atoms with van der Waals surface area (Å²) in [7, 11) is 0. The molecule has 2 aromatic rings. The first-order valence-corrected chi connectivity index (χ1v) is 6.47. The Hall–Kier alpha value is -1.89. The molecule has 0 aliphatic rings. The Morgan fingerprint density at radius 2 is 2.50 bits per heavy atom. The molecule has 0 radical (unpaired) electrons. The van der Waals surface area contributed by atoms with E-state index in [1.165, 1.54) is 11.3 Å². The van der Waals surface area contributed by atoms with Crippen LogP contribution in [0.4, 0.5) is 5.13 Å². The van der Waals surface area contributed by atoms with Gasteiger partial charge in [-0.2, -0.15) is 0 Å². The fourth-order valence-corrected chi connectivity index (χ4v) is 2.09. The quantitative estimate of drug-likeness (QED) is 0.776. The van der Waals surface area contributed by atoms with Crippen LogP contribution in [0.2, 0.25) is 0 Å². The van der Waals surface area contributed by atoms with Crippen LogP contribution < -0.4 is 5.32 Å². The lowest BCUT2D eigenvalue weighted by molar-refractivity contribution is -0.142. The first-order valence-electron chi connectivity index (χ1n) is 5.59. The number of H-pyrrole nitrogens is 1. The number of carbonyl (C=O) groups is 1. The van der Waals surface area contributed by atoms with Crippen molar-refractivity contribution in [2.45, 2.75) is 19.9 Å². The number of ether oxygens (including phenoxy) is 1. The number of nitrogens with zero attached hydrogens (tertiary/aromatic N) is 2. The zero-order chi connectivity index (χ0) is 12.8. The molecule has 2 aromatic heterocycles. The topological polar surface area (TPSA) is 79.9 Å². The maximum Gasteiger partial charge on any atom is 0.311 e. The Kier molecular flexibility index (Phi) is 4.30. The standard InChI is InChI=1S/C11H14N4O2S/c1-2-17-10(16)3-8-6-18-11(15-8)13-5-9-4-12-7-14-9/h4,6-7H,2-3,5H2,1H3,(H,12,14)(H,13,15). The van der Waals surface area contributed by atoms with Crippen LogP contribution in [0.1, 0.15) is 18.3 Å². The molecule has 2 rings (SSSR count). The molecular weight excluding hydrogens is 252 g/mol. The van der Waals surface area contributed by atoms with Crippen molar-refractivity contribution in [2.75, 3.05) is 11.9 Å². The Morgan fingerprint density at radius 3 is 3.22 bits per heavy atom. The van der Waals surface area contributed by atoms with E-state index in [0.717, 1.165) is 16.5 Å². The lowest BCUT2D eigenvalue weighted by Crippen LogP contribution is -2.07. The number of rotatable bonds is 6. The second-order valence-corrected chi connectivity index (χ2v) is 4.41. The summed E-state index contributed by atoms with van der Waals surface area (Å²) in [5, 5.41) is 5.79. The van der Waals surface area contributed by atoms with E-state index in [0.29, 0.717) is 13.2 Å². The van der Waals surface area contributed by atoms with Gasteiger partial charge in [-0.1, -0.05) is 0 Å². The van der Waals surface area contributed by atoms with E-state index in [2.05, 4.69) is 20.3 Å². The summed E-state index contributed by atoms with van der Waals surface area (Å²) in [5.41, 5.74) is 1.71. The SMILES string of the molecule is CCOC(=O)Cc1csc(NCc2cnc[nH]2)n1. The molecule has 0 aromatic carbocycles. The molecule has 96 valence electrons. The van der Waals surface area contributed by atoms with Gasteiger partial charge in [-0.15, -0.1) is 11.3 Å². The zero-order valence-corrected chi connectivity index (χ0v) is 10.8. The molecule has 0 aliphatic carbocycles. The lowest BCUT2D eigenvalue weighted by atomic mass is 10.3.